The molecule has 1 aromatic carbocycles. The van der Waals surface area contributed by atoms with Crippen LogP contribution in [-0.2, 0) is 11.8 Å². The summed E-state index contributed by atoms with van der Waals surface area (Å²) in [7, 11) is 0. The van der Waals surface area contributed by atoms with Crippen LogP contribution in [0, 0.1) is 5.92 Å². The van der Waals surface area contributed by atoms with E-state index in [0.29, 0.717) is 11.4 Å². The second kappa shape index (κ2) is 7.23. The Morgan fingerprint density at radius 1 is 1.27 bits per heavy atom. The molecule has 0 amide bonds. The van der Waals surface area contributed by atoms with Crippen LogP contribution in [0.25, 0.3) is 16.6 Å². The molecule has 0 atom stereocenters. The van der Waals surface area contributed by atoms with E-state index in [4.69, 9.17) is 0 Å². The third kappa shape index (κ3) is 2.87. The molecule has 4 aromatic rings. The van der Waals surface area contributed by atoms with E-state index in [1.807, 2.05) is 24.4 Å². The van der Waals surface area contributed by atoms with Crippen molar-refractivity contribution < 1.29 is 0 Å². The van der Waals surface area contributed by atoms with E-state index < -0.39 is 0 Å². The zero-order valence-electron chi connectivity index (χ0n) is 17.1. The van der Waals surface area contributed by atoms with Crippen LogP contribution in [-0.4, -0.2) is 24.7 Å². The number of rotatable bonds is 5. The van der Waals surface area contributed by atoms with Gasteiger partial charge in [-0.25, -0.2) is 4.98 Å². The van der Waals surface area contributed by atoms with E-state index in [-0.39, 0.29) is 11.0 Å². The average Bonchev–Trinajstić information content (AvgIpc) is 3.41. The lowest BCUT2D eigenvalue weighted by Crippen LogP contribution is -2.43. The molecular weight excluding hydrogens is 442 g/mol. The minimum atomic E-state index is -0.167. The molecule has 1 fully saturated rings. The minimum Gasteiger partial charge on any atom is -0.354 e. The monoisotopic (exact) mass is 465 g/mol. The summed E-state index contributed by atoms with van der Waals surface area (Å²) in [5, 5.41) is 8.11. The molecule has 1 aliphatic rings. The van der Waals surface area contributed by atoms with Gasteiger partial charge < -0.3 is 4.98 Å². The topological polar surface area (TPSA) is 79.4 Å². The van der Waals surface area contributed by atoms with Crippen LogP contribution in [0.15, 0.2) is 52.1 Å². The van der Waals surface area contributed by atoms with E-state index in [2.05, 4.69) is 62.1 Å². The normalized spacial score (nSPS) is 21.1. The molecule has 154 valence electrons. The van der Waals surface area contributed by atoms with Crippen LogP contribution < -0.4 is 5.56 Å². The number of nitrogens with zero attached hydrogens (tertiary/aromatic N) is 3. The Balaban J connectivity index is 1.64. The zero-order chi connectivity index (χ0) is 20.9. The van der Waals surface area contributed by atoms with Crippen molar-refractivity contribution in [2.24, 2.45) is 5.92 Å². The van der Waals surface area contributed by atoms with E-state index in [9.17, 15) is 4.79 Å². The van der Waals surface area contributed by atoms with Gasteiger partial charge in [0, 0.05) is 27.4 Å². The zero-order valence-corrected chi connectivity index (χ0v) is 18.7. The van der Waals surface area contributed by atoms with Crippen LogP contribution in [0.2, 0.25) is 0 Å². The van der Waals surface area contributed by atoms with Crippen LogP contribution in [0.3, 0.4) is 0 Å². The van der Waals surface area contributed by atoms with Gasteiger partial charge in [0.05, 0.1) is 5.41 Å². The van der Waals surface area contributed by atoms with Crippen molar-refractivity contribution in [2.75, 3.05) is 0 Å². The van der Waals surface area contributed by atoms with Gasteiger partial charge in [-0.1, -0.05) is 32.4 Å². The molecule has 2 N–H and O–H groups in total. The Morgan fingerprint density at radius 3 is 2.80 bits per heavy atom. The summed E-state index contributed by atoms with van der Waals surface area (Å²) in [4.78, 5) is 21.0. The first-order chi connectivity index (χ1) is 14.6. The van der Waals surface area contributed by atoms with Gasteiger partial charge in [0.2, 0.25) is 0 Å². The van der Waals surface area contributed by atoms with Gasteiger partial charge in [-0.05, 0) is 64.9 Å². The van der Waals surface area contributed by atoms with E-state index in [0.717, 1.165) is 52.7 Å². The van der Waals surface area contributed by atoms with Crippen molar-refractivity contribution >= 4 is 26.8 Å². The van der Waals surface area contributed by atoms with Crippen molar-refractivity contribution in [1.82, 2.24) is 24.7 Å². The van der Waals surface area contributed by atoms with Crippen LogP contribution >= 0.6 is 15.9 Å². The van der Waals surface area contributed by atoms with Gasteiger partial charge in [0.25, 0.3) is 5.56 Å². The summed E-state index contributed by atoms with van der Waals surface area (Å²) < 4.78 is 2.62. The fourth-order valence-corrected chi connectivity index (χ4v) is 5.30. The number of aryl methyl sites for hydroxylation is 1. The quantitative estimate of drug-likeness (QED) is 0.441. The summed E-state index contributed by atoms with van der Waals surface area (Å²) in [6.07, 6.45) is 7.53. The van der Waals surface area contributed by atoms with Gasteiger partial charge >= 0.3 is 0 Å². The highest BCUT2D eigenvalue weighted by molar-refractivity contribution is 9.10. The van der Waals surface area contributed by atoms with E-state index >= 15 is 0 Å². The number of hydrogen-bond donors (Lipinski definition) is 2. The number of benzene rings is 1. The molecular formula is C23H24BrN5O. The molecule has 6 nitrogen and oxygen atoms in total. The first-order valence-electron chi connectivity index (χ1n) is 10.4. The molecule has 5 rings (SSSR count). The maximum Gasteiger partial charge on any atom is 0.279 e. The highest BCUT2D eigenvalue weighted by Gasteiger charge is 2.48. The number of H-pyrrole nitrogens is 2. The second-order valence-electron chi connectivity index (χ2n) is 8.24. The largest absolute Gasteiger partial charge is 0.354 e. The van der Waals surface area contributed by atoms with Crippen LogP contribution in [0.5, 0.6) is 0 Å². The predicted octanol–water partition coefficient (Wildman–Crippen LogP) is 4.87. The maximum absolute atomic E-state index is 13.3. The lowest BCUT2D eigenvalue weighted by Gasteiger charge is -2.46. The molecule has 0 spiro atoms. The van der Waals surface area contributed by atoms with Crippen molar-refractivity contribution in [2.45, 2.75) is 44.9 Å². The first kappa shape index (κ1) is 19.3. The van der Waals surface area contributed by atoms with Crippen molar-refractivity contribution in [1.29, 1.82) is 0 Å². The number of halogens is 1. The Labute approximate surface area is 182 Å². The summed E-state index contributed by atoms with van der Waals surface area (Å²) >= 11 is 3.65. The van der Waals surface area contributed by atoms with Crippen LogP contribution in [0.4, 0.5) is 0 Å². The fraction of sp³-hybridized carbons (Fsp3) is 0.348. The third-order valence-corrected chi connectivity index (χ3v) is 7.22. The molecule has 7 heteroatoms. The van der Waals surface area contributed by atoms with Gasteiger partial charge in [-0.15, -0.1) is 0 Å². The maximum atomic E-state index is 13.3. The Hall–Kier alpha value is -2.67. The van der Waals surface area contributed by atoms with Crippen LogP contribution in [0.1, 0.15) is 50.2 Å². The van der Waals surface area contributed by atoms with Gasteiger partial charge in [-0.3, -0.25) is 14.5 Å². The number of pyridine rings is 1. The lowest BCUT2D eigenvalue weighted by atomic mass is 9.57. The number of aromatic amines is 2. The van der Waals surface area contributed by atoms with Crippen molar-refractivity contribution in [3.05, 3.63) is 74.8 Å². The molecule has 30 heavy (non-hydrogen) atoms. The highest BCUT2D eigenvalue weighted by atomic mass is 79.9. The summed E-state index contributed by atoms with van der Waals surface area (Å²) in [6, 6.07) is 10.3. The van der Waals surface area contributed by atoms with Gasteiger partial charge in [-0.2, -0.15) is 5.10 Å². The predicted molar refractivity (Wildman–Crippen MR) is 121 cm³/mol. The van der Waals surface area contributed by atoms with Crippen molar-refractivity contribution in [3.63, 3.8) is 0 Å². The third-order valence-electron chi connectivity index (χ3n) is 6.58. The second-order valence-corrected chi connectivity index (χ2v) is 9.09. The van der Waals surface area contributed by atoms with E-state index in [1.54, 1.807) is 10.9 Å². The number of nitrogens with one attached hydrogen (secondary N) is 2. The Kier molecular flexibility index (Phi) is 4.65. The summed E-state index contributed by atoms with van der Waals surface area (Å²) in [5.41, 5.74) is 3.50. The average molecular weight is 466 g/mol. The molecule has 3 heterocycles. The molecule has 0 bridgehead atoms. The van der Waals surface area contributed by atoms with Crippen molar-refractivity contribution in [3.8, 4) is 5.69 Å². The molecule has 0 radical (unpaired) electrons. The van der Waals surface area contributed by atoms with E-state index in [1.165, 1.54) is 5.56 Å². The Morgan fingerprint density at radius 2 is 2.10 bits per heavy atom. The molecule has 0 unspecified atom stereocenters. The number of aromatic nitrogens is 5. The molecule has 0 aliphatic heterocycles. The first-order valence-corrected chi connectivity index (χ1v) is 11.2. The minimum absolute atomic E-state index is 0.0428. The smallest absolute Gasteiger partial charge is 0.279 e. The molecule has 3 aromatic heterocycles. The Bertz CT molecular complexity index is 1260. The van der Waals surface area contributed by atoms with Gasteiger partial charge in [0.15, 0.2) is 0 Å². The molecule has 1 saturated carbocycles. The standard InChI is InChI=1S/C23H24BrN5O/c1-3-14-10-23(11-14,22-25-13-26-28-22)15-6-5-7-17(8-15)29-12-19(24)18-9-16(4-2)27-20(18)21(29)30/h5-9,12-14,27H,3-4,10-11H2,1-2H3,(H,25,26,28). The van der Waals surface area contributed by atoms with Gasteiger partial charge in [0.1, 0.15) is 17.7 Å². The summed E-state index contributed by atoms with van der Waals surface area (Å²) in [5.74, 6) is 1.59. The number of hydrogen-bond acceptors (Lipinski definition) is 3. The highest BCUT2D eigenvalue weighted by Crippen LogP contribution is 2.52. The molecule has 1 aliphatic carbocycles. The summed E-state index contributed by atoms with van der Waals surface area (Å²) in [6.45, 7) is 4.31. The fourth-order valence-electron chi connectivity index (χ4n) is 4.78. The molecule has 0 saturated heterocycles. The lowest BCUT2D eigenvalue weighted by molar-refractivity contribution is 0.167. The number of fused-ring (bicyclic) bond motifs is 1. The SMILES string of the molecule is CCc1cc2c(Br)cn(-c3cccc(C4(c5ncn[nH]5)CC(CC)C4)c3)c(=O)c2[nH]1.